The molecule has 0 aromatic carbocycles. The van der Waals surface area contributed by atoms with Gasteiger partial charge in [-0.15, -0.1) is 0 Å². The van der Waals surface area contributed by atoms with Crippen LogP contribution in [-0.4, -0.2) is 15.5 Å². The van der Waals surface area contributed by atoms with Crippen molar-refractivity contribution in [1.29, 1.82) is 0 Å². The molecule has 2 aromatic rings. The molecule has 0 atom stereocenters. The number of nitrogens with one attached hydrogen (secondary N) is 1. The maximum absolute atomic E-state index is 4.58. The van der Waals surface area contributed by atoms with Crippen molar-refractivity contribution < 1.29 is 0 Å². The highest BCUT2D eigenvalue weighted by molar-refractivity contribution is 7.99. The SMILES string of the molecule is Cc1cc(C)nc(Sc2ncccc2CNC(C)(C)C)c1. The molecule has 0 spiro atoms. The lowest BCUT2D eigenvalue weighted by molar-refractivity contribution is 0.422. The Morgan fingerprint density at radius 3 is 2.62 bits per heavy atom. The van der Waals surface area contributed by atoms with Crippen molar-refractivity contribution in [2.24, 2.45) is 0 Å². The summed E-state index contributed by atoms with van der Waals surface area (Å²) in [5.41, 5.74) is 3.58. The molecule has 1 N–H and O–H groups in total. The van der Waals surface area contributed by atoms with Crippen molar-refractivity contribution in [3.8, 4) is 0 Å². The first-order valence-corrected chi connectivity index (χ1v) is 7.97. The van der Waals surface area contributed by atoms with Crippen molar-refractivity contribution in [2.75, 3.05) is 0 Å². The van der Waals surface area contributed by atoms with E-state index in [2.05, 4.69) is 61.2 Å². The van der Waals surface area contributed by atoms with Gasteiger partial charge in [-0.2, -0.15) is 0 Å². The topological polar surface area (TPSA) is 37.8 Å². The Hall–Kier alpha value is -1.39. The monoisotopic (exact) mass is 301 g/mol. The summed E-state index contributed by atoms with van der Waals surface area (Å²) in [5.74, 6) is 0. The third kappa shape index (κ3) is 5.14. The summed E-state index contributed by atoms with van der Waals surface area (Å²) in [6, 6.07) is 8.30. The van der Waals surface area contributed by atoms with Gasteiger partial charge in [0.1, 0.15) is 10.1 Å². The molecule has 2 rings (SSSR count). The zero-order chi connectivity index (χ0) is 15.5. The van der Waals surface area contributed by atoms with Crippen LogP contribution in [0.4, 0.5) is 0 Å². The molecule has 0 saturated heterocycles. The minimum absolute atomic E-state index is 0.0932. The number of hydrogen-bond acceptors (Lipinski definition) is 4. The van der Waals surface area contributed by atoms with E-state index in [-0.39, 0.29) is 5.54 Å². The number of aromatic nitrogens is 2. The first kappa shape index (κ1) is 16.0. The number of aryl methyl sites for hydroxylation is 2. The van der Waals surface area contributed by atoms with Crippen molar-refractivity contribution in [3.63, 3.8) is 0 Å². The molecular formula is C17H23N3S. The Morgan fingerprint density at radius 1 is 1.19 bits per heavy atom. The Labute approximate surface area is 131 Å². The lowest BCUT2D eigenvalue weighted by Gasteiger charge is -2.21. The smallest absolute Gasteiger partial charge is 0.107 e. The van der Waals surface area contributed by atoms with Gasteiger partial charge < -0.3 is 5.32 Å². The Bertz CT molecular complexity index is 597. The van der Waals surface area contributed by atoms with Gasteiger partial charge in [0.05, 0.1) is 0 Å². The van der Waals surface area contributed by atoms with Gasteiger partial charge in [-0.3, -0.25) is 0 Å². The lowest BCUT2D eigenvalue weighted by Crippen LogP contribution is -2.35. The van der Waals surface area contributed by atoms with Crippen LogP contribution in [0.15, 0.2) is 40.5 Å². The zero-order valence-corrected chi connectivity index (χ0v) is 14.2. The molecule has 21 heavy (non-hydrogen) atoms. The van der Waals surface area contributed by atoms with E-state index in [0.717, 1.165) is 22.3 Å². The van der Waals surface area contributed by atoms with Crippen LogP contribution in [0.5, 0.6) is 0 Å². The van der Waals surface area contributed by atoms with Crippen LogP contribution in [0.2, 0.25) is 0 Å². The van der Waals surface area contributed by atoms with Gasteiger partial charge in [0.15, 0.2) is 0 Å². The van der Waals surface area contributed by atoms with Gasteiger partial charge in [-0.25, -0.2) is 9.97 Å². The highest BCUT2D eigenvalue weighted by Gasteiger charge is 2.12. The highest BCUT2D eigenvalue weighted by atomic mass is 32.2. The molecule has 4 heteroatoms. The average molecular weight is 301 g/mol. The Balaban J connectivity index is 2.20. The minimum atomic E-state index is 0.0932. The number of rotatable bonds is 4. The molecule has 0 unspecified atom stereocenters. The summed E-state index contributed by atoms with van der Waals surface area (Å²) in [4.78, 5) is 9.10. The summed E-state index contributed by atoms with van der Waals surface area (Å²) in [7, 11) is 0. The molecule has 2 aromatic heterocycles. The number of nitrogens with zero attached hydrogens (tertiary/aromatic N) is 2. The maximum atomic E-state index is 4.58. The molecule has 0 aliphatic rings. The van der Waals surface area contributed by atoms with E-state index in [1.54, 1.807) is 11.8 Å². The van der Waals surface area contributed by atoms with Crippen LogP contribution in [0.25, 0.3) is 0 Å². The second kappa shape index (κ2) is 6.58. The van der Waals surface area contributed by atoms with Gasteiger partial charge in [-0.05, 0) is 75.7 Å². The van der Waals surface area contributed by atoms with E-state index < -0.39 is 0 Å². The van der Waals surface area contributed by atoms with Crippen LogP contribution in [0, 0.1) is 13.8 Å². The fourth-order valence-corrected chi connectivity index (χ4v) is 2.98. The largest absolute Gasteiger partial charge is 0.308 e. The van der Waals surface area contributed by atoms with Gasteiger partial charge >= 0.3 is 0 Å². The van der Waals surface area contributed by atoms with Gasteiger partial charge in [0, 0.05) is 24.0 Å². The predicted octanol–water partition coefficient (Wildman–Crippen LogP) is 4.13. The molecule has 0 aliphatic carbocycles. The van der Waals surface area contributed by atoms with Gasteiger partial charge in [-0.1, -0.05) is 6.07 Å². The molecule has 112 valence electrons. The van der Waals surface area contributed by atoms with Crippen molar-refractivity contribution in [2.45, 2.75) is 56.8 Å². The normalized spacial score (nSPS) is 11.7. The second-order valence-electron chi connectivity index (χ2n) is 6.30. The zero-order valence-electron chi connectivity index (χ0n) is 13.4. The fourth-order valence-electron chi connectivity index (χ4n) is 1.97. The maximum Gasteiger partial charge on any atom is 0.107 e. The van der Waals surface area contributed by atoms with Gasteiger partial charge in [0.25, 0.3) is 0 Å². The summed E-state index contributed by atoms with van der Waals surface area (Å²) >= 11 is 1.63. The molecule has 2 heterocycles. The quantitative estimate of drug-likeness (QED) is 0.921. The van der Waals surface area contributed by atoms with E-state index >= 15 is 0 Å². The van der Waals surface area contributed by atoms with Crippen LogP contribution in [-0.2, 0) is 6.54 Å². The van der Waals surface area contributed by atoms with Crippen LogP contribution < -0.4 is 5.32 Å². The Morgan fingerprint density at radius 2 is 1.95 bits per heavy atom. The third-order valence-electron chi connectivity index (χ3n) is 2.93. The van der Waals surface area contributed by atoms with Crippen LogP contribution in [0.1, 0.15) is 37.6 Å². The van der Waals surface area contributed by atoms with E-state index in [0.29, 0.717) is 0 Å². The summed E-state index contributed by atoms with van der Waals surface area (Å²) in [5, 5.41) is 5.54. The fraction of sp³-hybridized carbons (Fsp3) is 0.412. The molecule has 0 radical (unpaired) electrons. The summed E-state index contributed by atoms with van der Waals surface area (Å²) < 4.78 is 0. The number of pyridine rings is 2. The molecule has 0 fully saturated rings. The van der Waals surface area contributed by atoms with Crippen LogP contribution >= 0.6 is 11.8 Å². The molecule has 0 saturated carbocycles. The molecule has 0 aliphatic heterocycles. The minimum Gasteiger partial charge on any atom is -0.308 e. The molecule has 3 nitrogen and oxygen atoms in total. The first-order valence-electron chi connectivity index (χ1n) is 7.15. The van der Waals surface area contributed by atoms with Crippen molar-refractivity contribution in [3.05, 3.63) is 47.3 Å². The average Bonchev–Trinajstić information content (AvgIpc) is 2.35. The second-order valence-corrected chi connectivity index (χ2v) is 7.31. The van der Waals surface area contributed by atoms with Crippen molar-refractivity contribution in [1.82, 2.24) is 15.3 Å². The summed E-state index contributed by atoms with van der Waals surface area (Å²) in [6.45, 7) is 11.4. The molecule has 0 amide bonds. The van der Waals surface area contributed by atoms with Crippen molar-refractivity contribution >= 4 is 11.8 Å². The van der Waals surface area contributed by atoms with E-state index in [4.69, 9.17) is 0 Å². The Kier molecular flexibility index (Phi) is 5.01. The summed E-state index contributed by atoms with van der Waals surface area (Å²) in [6.07, 6.45) is 1.84. The highest BCUT2D eigenvalue weighted by Crippen LogP contribution is 2.28. The van der Waals surface area contributed by atoms with Gasteiger partial charge in [0.2, 0.25) is 0 Å². The van der Waals surface area contributed by atoms with E-state index in [9.17, 15) is 0 Å². The van der Waals surface area contributed by atoms with Crippen LogP contribution in [0.3, 0.4) is 0 Å². The molecular weight excluding hydrogens is 278 g/mol. The third-order valence-corrected chi connectivity index (χ3v) is 3.91. The standard InChI is InChI=1S/C17H23N3S/c1-12-9-13(2)20-15(10-12)21-16-14(7-6-8-18-16)11-19-17(3,4)5/h6-10,19H,11H2,1-5H3. The molecule has 0 bridgehead atoms. The van der Waals surface area contributed by atoms with E-state index in [1.165, 1.54) is 11.1 Å². The lowest BCUT2D eigenvalue weighted by atomic mass is 10.1. The predicted molar refractivity (Wildman–Crippen MR) is 88.7 cm³/mol. The first-order chi connectivity index (χ1) is 9.83. The van der Waals surface area contributed by atoms with E-state index in [1.807, 2.05) is 19.2 Å². The number of hydrogen-bond donors (Lipinski definition) is 1.